The molecular formula is C32H37NO3. The molecule has 0 heterocycles. The van der Waals surface area contributed by atoms with E-state index in [2.05, 4.69) is 89.0 Å². The van der Waals surface area contributed by atoms with Gasteiger partial charge in [-0.3, -0.25) is 0 Å². The number of anilines is 1. The van der Waals surface area contributed by atoms with Gasteiger partial charge in [0, 0.05) is 23.4 Å². The van der Waals surface area contributed by atoms with Crippen molar-refractivity contribution < 1.29 is 15.0 Å². The molecule has 0 bridgehead atoms. The Bertz CT molecular complexity index is 1250. The first-order chi connectivity index (χ1) is 17.0. The van der Waals surface area contributed by atoms with Gasteiger partial charge in [0.2, 0.25) is 0 Å². The largest absolute Gasteiger partial charge is 0.478 e. The number of hydrogen-bond donors (Lipinski definition) is 3. The highest BCUT2D eigenvalue weighted by molar-refractivity contribution is 5.87. The predicted molar refractivity (Wildman–Crippen MR) is 148 cm³/mol. The Morgan fingerprint density at radius 1 is 1.00 bits per heavy atom. The van der Waals surface area contributed by atoms with E-state index in [1.807, 2.05) is 6.07 Å². The lowest BCUT2D eigenvalue weighted by molar-refractivity contribution is 0.0697. The zero-order valence-electron chi connectivity index (χ0n) is 22.1. The van der Waals surface area contributed by atoms with Crippen LogP contribution in [0.15, 0.2) is 60.7 Å². The highest BCUT2D eigenvalue weighted by Crippen LogP contribution is 2.40. The van der Waals surface area contributed by atoms with Crippen molar-refractivity contribution in [2.24, 2.45) is 5.92 Å². The number of aliphatic hydroxyl groups is 1. The molecule has 3 N–H and O–H groups in total. The molecule has 1 atom stereocenters. The van der Waals surface area contributed by atoms with E-state index in [1.165, 1.54) is 17.7 Å². The number of carboxylic acids is 1. The van der Waals surface area contributed by atoms with Gasteiger partial charge in [-0.2, -0.15) is 0 Å². The summed E-state index contributed by atoms with van der Waals surface area (Å²) in [6.07, 6.45) is 0.0761. The summed E-state index contributed by atoms with van der Waals surface area (Å²) in [7, 11) is 0. The van der Waals surface area contributed by atoms with Crippen LogP contribution in [-0.2, 0) is 5.41 Å². The van der Waals surface area contributed by atoms with Crippen molar-refractivity contribution in [3.63, 3.8) is 0 Å². The summed E-state index contributed by atoms with van der Waals surface area (Å²) in [6.45, 7) is 13.9. The molecule has 36 heavy (non-hydrogen) atoms. The molecule has 0 aromatic heterocycles. The van der Waals surface area contributed by atoms with Crippen molar-refractivity contribution >= 4 is 11.7 Å². The fraction of sp³-hybridized carbons (Fsp3) is 0.344. The van der Waals surface area contributed by atoms with Crippen LogP contribution < -0.4 is 5.32 Å². The van der Waals surface area contributed by atoms with Gasteiger partial charge in [0.25, 0.3) is 0 Å². The van der Waals surface area contributed by atoms with Crippen LogP contribution in [0.5, 0.6) is 0 Å². The third kappa shape index (κ3) is 6.99. The Morgan fingerprint density at radius 2 is 1.64 bits per heavy atom. The Balaban J connectivity index is 2.08. The zero-order valence-corrected chi connectivity index (χ0v) is 22.1. The molecule has 0 amide bonds. The molecule has 0 aliphatic rings. The second kappa shape index (κ2) is 11.5. The van der Waals surface area contributed by atoms with Crippen molar-refractivity contribution in [3.05, 3.63) is 88.5 Å². The Hall–Kier alpha value is -3.55. The molecule has 0 aliphatic heterocycles. The second-order valence-electron chi connectivity index (χ2n) is 10.8. The van der Waals surface area contributed by atoms with Crippen LogP contribution in [0.2, 0.25) is 0 Å². The average Bonchev–Trinajstić information content (AvgIpc) is 2.82. The van der Waals surface area contributed by atoms with Gasteiger partial charge in [0.1, 0.15) is 6.10 Å². The Morgan fingerprint density at radius 3 is 2.19 bits per heavy atom. The zero-order chi connectivity index (χ0) is 26.5. The molecule has 0 radical (unpaired) electrons. The molecule has 0 aliphatic carbocycles. The maximum atomic E-state index is 11.1. The van der Waals surface area contributed by atoms with Crippen molar-refractivity contribution in [2.75, 3.05) is 11.9 Å². The molecular weight excluding hydrogens is 446 g/mol. The molecule has 3 rings (SSSR count). The minimum Gasteiger partial charge on any atom is -0.478 e. The maximum absolute atomic E-state index is 11.1. The first-order valence-corrected chi connectivity index (χ1v) is 12.5. The maximum Gasteiger partial charge on any atom is 0.335 e. The lowest BCUT2D eigenvalue weighted by atomic mass is 9.81. The normalized spacial score (nSPS) is 12.1. The van der Waals surface area contributed by atoms with E-state index in [-0.39, 0.29) is 11.0 Å². The SMILES string of the molecule is Cc1ccc(-c2cc(C(O)C#Cc3ccc(C(=O)O)cc3)cc(C(C)(C)C)c2NCCC(C)C)cc1. The Kier molecular flexibility index (Phi) is 8.61. The van der Waals surface area contributed by atoms with Crippen molar-refractivity contribution in [3.8, 4) is 23.0 Å². The molecule has 3 aromatic rings. The standard InChI is InChI=1S/C32H37NO3/c1-21(2)17-18-33-30-27(24-12-7-22(3)8-13-24)19-26(20-28(30)32(4,5)6)29(34)16-11-23-9-14-25(15-10-23)31(35)36/h7-10,12-15,19-21,29,33-34H,17-18H2,1-6H3,(H,35,36). The first kappa shape index (κ1) is 27.0. The van der Waals surface area contributed by atoms with Gasteiger partial charge < -0.3 is 15.5 Å². The monoisotopic (exact) mass is 483 g/mol. The van der Waals surface area contributed by atoms with Crippen molar-refractivity contribution in [1.82, 2.24) is 0 Å². The molecule has 188 valence electrons. The summed E-state index contributed by atoms with van der Waals surface area (Å²) in [4.78, 5) is 11.1. The van der Waals surface area contributed by atoms with Crippen LogP contribution in [0, 0.1) is 24.7 Å². The summed E-state index contributed by atoms with van der Waals surface area (Å²) in [5.74, 6) is 5.55. The summed E-state index contributed by atoms with van der Waals surface area (Å²) in [5, 5.41) is 23.9. The van der Waals surface area contributed by atoms with E-state index in [0.717, 1.165) is 40.9 Å². The molecule has 0 saturated carbocycles. The van der Waals surface area contributed by atoms with Crippen LogP contribution in [0.3, 0.4) is 0 Å². The minimum atomic E-state index is -0.987. The van der Waals surface area contributed by atoms with Gasteiger partial charge in [0.15, 0.2) is 0 Å². The third-order valence-corrected chi connectivity index (χ3v) is 6.16. The van der Waals surface area contributed by atoms with Crippen LogP contribution in [-0.4, -0.2) is 22.7 Å². The van der Waals surface area contributed by atoms with Crippen LogP contribution >= 0.6 is 0 Å². The fourth-order valence-corrected chi connectivity index (χ4v) is 3.98. The summed E-state index contributed by atoms with van der Waals surface area (Å²) in [6, 6.07) is 18.9. The van der Waals surface area contributed by atoms with Crippen molar-refractivity contribution in [2.45, 2.75) is 59.5 Å². The van der Waals surface area contributed by atoms with E-state index < -0.39 is 12.1 Å². The van der Waals surface area contributed by atoms with Crippen molar-refractivity contribution in [1.29, 1.82) is 0 Å². The predicted octanol–water partition coefficient (Wildman–Crippen LogP) is 7.20. The number of rotatable bonds is 7. The number of aromatic carboxylic acids is 1. The van der Waals surface area contributed by atoms with Gasteiger partial charge in [0.05, 0.1) is 5.56 Å². The van der Waals surface area contributed by atoms with E-state index in [9.17, 15) is 9.90 Å². The topological polar surface area (TPSA) is 69.6 Å². The van der Waals surface area contributed by atoms with E-state index >= 15 is 0 Å². The smallest absolute Gasteiger partial charge is 0.335 e. The lowest BCUT2D eigenvalue weighted by Gasteiger charge is -2.28. The van der Waals surface area contributed by atoms with Gasteiger partial charge in [-0.05, 0) is 77.8 Å². The lowest BCUT2D eigenvalue weighted by Crippen LogP contribution is -2.18. The van der Waals surface area contributed by atoms with Crippen LogP contribution in [0.4, 0.5) is 5.69 Å². The highest BCUT2D eigenvalue weighted by atomic mass is 16.4. The molecule has 1 unspecified atom stereocenters. The average molecular weight is 484 g/mol. The fourth-order valence-electron chi connectivity index (χ4n) is 3.98. The number of nitrogens with one attached hydrogen (secondary N) is 1. The van der Waals surface area contributed by atoms with E-state index in [0.29, 0.717) is 11.5 Å². The van der Waals surface area contributed by atoms with Gasteiger partial charge >= 0.3 is 5.97 Å². The van der Waals surface area contributed by atoms with Crippen LogP contribution in [0.25, 0.3) is 11.1 Å². The minimum absolute atomic E-state index is 0.157. The second-order valence-corrected chi connectivity index (χ2v) is 10.8. The van der Waals surface area contributed by atoms with Gasteiger partial charge in [-0.15, -0.1) is 0 Å². The first-order valence-electron chi connectivity index (χ1n) is 12.5. The number of carbonyl (C=O) groups is 1. The van der Waals surface area contributed by atoms with E-state index in [1.54, 1.807) is 12.1 Å². The summed E-state index contributed by atoms with van der Waals surface area (Å²) in [5.41, 5.74) is 7.00. The number of aliphatic hydroxyl groups excluding tert-OH is 1. The molecule has 0 saturated heterocycles. The van der Waals surface area contributed by atoms with Gasteiger partial charge in [-0.25, -0.2) is 4.79 Å². The number of hydrogen-bond acceptors (Lipinski definition) is 3. The van der Waals surface area contributed by atoms with Gasteiger partial charge in [-0.1, -0.05) is 76.3 Å². The van der Waals surface area contributed by atoms with E-state index in [4.69, 9.17) is 5.11 Å². The summed E-state index contributed by atoms with van der Waals surface area (Å²) >= 11 is 0. The highest BCUT2D eigenvalue weighted by Gasteiger charge is 2.23. The number of benzene rings is 3. The Labute approximate surface area is 215 Å². The number of aryl methyl sites for hydroxylation is 1. The summed E-state index contributed by atoms with van der Waals surface area (Å²) < 4.78 is 0. The third-order valence-electron chi connectivity index (χ3n) is 6.16. The number of carboxylic acid groups (broad SMARTS) is 1. The molecule has 4 heteroatoms. The molecule has 0 spiro atoms. The van der Waals surface area contributed by atoms with Crippen LogP contribution in [0.1, 0.15) is 79.8 Å². The molecule has 3 aromatic carbocycles. The molecule has 4 nitrogen and oxygen atoms in total. The molecule has 0 fully saturated rings. The quantitative estimate of drug-likeness (QED) is 0.311.